The third kappa shape index (κ3) is 20.5. The molecule has 0 bridgehead atoms. The number of hydrogen-bond donors (Lipinski definition) is 17. The topological polar surface area (TPSA) is 447 Å². The fraction of sp³-hybridized carbons (Fsp3) is 0.370. The van der Waals surface area contributed by atoms with Crippen LogP contribution < -0.4 is 59.7 Å². The summed E-state index contributed by atoms with van der Waals surface area (Å²) in [6.07, 6.45) is 2.42. The fourth-order valence-corrected chi connectivity index (χ4v) is 8.90. The first-order valence-electron chi connectivity index (χ1n) is 26.1. The lowest BCUT2D eigenvalue weighted by molar-refractivity contribution is -0.141. The van der Waals surface area contributed by atoms with Crippen LogP contribution in [-0.2, 0) is 78.4 Å². The number of aliphatic carboxylic acids is 1. The van der Waals surface area contributed by atoms with E-state index in [9.17, 15) is 63.0 Å². The molecule has 0 unspecified atom stereocenters. The molecular formula is C54H68N14O13S2. The normalized spacial score (nSPS) is 14.3. The van der Waals surface area contributed by atoms with Crippen molar-refractivity contribution in [3.63, 3.8) is 0 Å². The van der Waals surface area contributed by atoms with Crippen molar-refractivity contribution in [3.8, 4) is 5.75 Å². The van der Waals surface area contributed by atoms with Crippen LogP contribution in [0.1, 0.15) is 55.0 Å². The number of imidazole rings is 1. The Morgan fingerprint density at radius 3 is 1.52 bits per heavy atom. The lowest BCUT2D eigenvalue weighted by Gasteiger charge is -2.27. The lowest BCUT2D eigenvalue weighted by atomic mass is 10.0. The third-order valence-corrected chi connectivity index (χ3v) is 13.7. The van der Waals surface area contributed by atoms with E-state index in [0.717, 1.165) is 16.5 Å². The number of H-pyrrole nitrogens is 2. The van der Waals surface area contributed by atoms with Crippen molar-refractivity contribution >= 4 is 101 Å². The highest BCUT2D eigenvalue weighted by Gasteiger charge is 2.35. The molecule has 3 aromatic carbocycles. The van der Waals surface area contributed by atoms with Gasteiger partial charge < -0.3 is 79.9 Å². The molecule has 10 amide bonds. The quantitative estimate of drug-likeness (QED) is 0.0194. The molecule has 0 aliphatic carbocycles. The SMILES string of the molecule is C[C@H](NC(=O)[C@H](Cc1ccc(O)cc1)NC(=O)[C@H](CS)NC(=O)[C@H](Cc1ccccc1)NC(=O)[C@H](CCC(N)=O)NC(=O)[C@@H](N)Cc1c[nH]c2ccccc12)C(=O)N[C@@H](CCC(N)=O)C(=O)N[C@@H](Cc1cnc[nH]1)C(=O)N[C@@H](CS)C(=O)O. The second-order valence-electron chi connectivity index (χ2n) is 19.4. The van der Waals surface area contributed by atoms with E-state index in [1.807, 2.05) is 24.3 Å². The van der Waals surface area contributed by atoms with Gasteiger partial charge in [0.2, 0.25) is 59.1 Å². The van der Waals surface area contributed by atoms with Crippen molar-refractivity contribution < 1.29 is 63.0 Å². The number of aromatic nitrogens is 3. The maximum atomic E-state index is 14.3. The lowest BCUT2D eigenvalue weighted by Crippen LogP contribution is -2.61. The summed E-state index contributed by atoms with van der Waals surface area (Å²) in [7, 11) is 0. The number of amides is 10. The van der Waals surface area contributed by atoms with Gasteiger partial charge >= 0.3 is 5.97 Å². The highest BCUT2D eigenvalue weighted by Crippen LogP contribution is 2.19. The smallest absolute Gasteiger partial charge is 0.327 e. The highest BCUT2D eigenvalue weighted by molar-refractivity contribution is 7.80. The number of nitrogens with zero attached hydrogens (tertiary/aromatic N) is 1. The number of primary amides is 2. The zero-order valence-electron chi connectivity index (χ0n) is 45.0. The number of aromatic amines is 2. The zero-order valence-corrected chi connectivity index (χ0v) is 46.8. The minimum absolute atomic E-state index is 0.0788. The molecule has 0 saturated carbocycles. The molecule has 83 heavy (non-hydrogen) atoms. The van der Waals surface area contributed by atoms with Crippen molar-refractivity contribution in [1.82, 2.24) is 57.5 Å². The Hall–Kier alpha value is -8.96. The number of carbonyl (C=O) groups is 11. The predicted molar refractivity (Wildman–Crippen MR) is 308 cm³/mol. The molecule has 0 saturated heterocycles. The number of nitrogens with one attached hydrogen (secondary N) is 10. The Kier molecular flexibility index (Phi) is 24.9. The Morgan fingerprint density at radius 2 is 0.988 bits per heavy atom. The number of nitrogens with two attached hydrogens (primary N) is 3. The van der Waals surface area contributed by atoms with E-state index in [-0.39, 0.29) is 62.2 Å². The molecule has 0 radical (unpaired) electrons. The Balaban J connectivity index is 1.31. The van der Waals surface area contributed by atoms with Gasteiger partial charge in [0.05, 0.1) is 12.4 Å². The Bertz CT molecular complexity index is 3080. The van der Waals surface area contributed by atoms with E-state index in [1.54, 1.807) is 36.5 Å². The number of phenols is 1. The van der Waals surface area contributed by atoms with Crippen molar-refractivity contribution in [2.24, 2.45) is 17.2 Å². The number of phenolic OH excluding ortho intramolecular Hbond substituents is 1. The molecule has 5 aromatic rings. The Morgan fingerprint density at radius 1 is 0.530 bits per heavy atom. The molecule has 18 N–H and O–H groups in total. The summed E-state index contributed by atoms with van der Waals surface area (Å²) in [4.78, 5) is 157. The Labute approximate surface area is 486 Å². The van der Waals surface area contributed by atoms with Crippen LogP contribution >= 0.6 is 25.3 Å². The minimum atomic E-state index is -1.56. The first-order chi connectivity index (χ1) is 39.5. The molecule has 2 heterocycles. The first kappa shape index (κ1) is 64.9. The number of carboxylic acids is 1. The van der Waals surface area contributed by atoms with Gasteiger partial charge in [-0.25, -0.2) is 9.78 Å². The van der Waals surface area contributed by atoms with E-state index in [1.165, 1.54) is 43.7 Å². The predicted octanol–water partition coefficient (Wildman–Crippen LogP) is -2.43. The number of carbonyl (C=O) groups excluding carboxylic acids is 10. The molecule has 0 fully saturated rings. The molecule has 2 aromatic heterocycles. The molecule has 0 aliphatic rings. The molecule has 0 aliphatic heterocycles. The molecule has 9 atom stereocenters. The number of hydrogen-bond acceptors (Lipinski definition) is 16. The van der Waals surface area contributed by atoms with E-state index in [0.29, 0.717) is 16.8 Å². The number of thiol groups is 2. The second-order valence-corrected chi connectivity index (χ2v) is 20.1. The average Bonchev–Trinajstić information content (AvgIpc) is 4.39. The van der Waals surface area contributed by atoms with Gasteiger partial charge in [-0.2, -0.15) is 25.3 Å². The van der Waals surface area contributed by atoms with Crippen molar-refractivity contribution in [3.05, 3.63) is 120 Å². The van der Waals surface area contributed by atoms with Gasteiger partial charge in [-0.15, -0.1) is 0 Å². The number of aromatic hydroxyl groups is 1. The summed E-state index contributed by atoms with van der Waals surface area (Å²) in [5.74, 6) is -11.1. The number of para-hydroxylation sites is 1. The standard InChI is InChI=1S/C54H68N14O13S2/c1-28(46(72)62-37(15-17-44(56)70)48(74)66-41(22-32-24-58-27-60-32)52(78)68-43(26-83)54(80)81)61-50(76)39(20-30-11-13-33(69)14-12-30)65-53(79)42(25-82)67-51(77)40(19-29-7-3-2-4-8-29)64-49(75)38(16-18-45(57)71)63-47(73)35(55)21-31-23-59-36-10-6-5-9-34(31)36/h2-14,23-24,27-28,35,37-43,59,69,82-83H,15-22,25-26,55H2,1H3,(H2,56,70)(H2,57,71)(H,58,60)(H,61,76)(H,62,72)(H,63,73)(H,64,75)(H,65,79)(H,66,74)(H,67,77)(H,68,78)(H,80,81)/t28-,35-,37-,38-,39-,40-,41-,42-,43-/m0/s1. The van der Waals surface area contributed by atoms with Crippen LogP contribution in [0, 0.1) is 0 Å². The molecule has 444 valence electrons. The van der Waals surface area contributed by atoms with Crippen LogP contribution in [0.15, 0.2) is 97.6 Å². The van der Waals surface area contributed by atoms with Crippen molar-refractivity contribution in [2.45, 2.75) is 113 Å². The van der Waals surface area contributed by atoms with Crippen LogP contribution in [0.4, 0.5) is 0 Å². The van der Waals surface area contributed by atoms with Gasteiger partial charge in [-0.3, -0.25) is 47.9 Å². The maximum Gasteiger partial charge on any atom is 0.327 e. The monoisotopic (exact) mass is 1180 g/mol. The molecular weight excluding hydrogens is 1120 g/mol. The second kappa shape index (κ2) is 31.9. The van der Waals surface area contributed by atoms with Gasteiger partial charge in [0.25, 0.3) is 0 Å². The number of carboxylic acid groups (broad SMARTS) is 1. The maximum absolute atomic E-state index is 14.3. The molecule has 27 nitrogen and oxygen atoms in total. The van der Waals surface area contributed by atoms with Gasteiger partial charge in [0, 0.05) is 72.6 Å². The third-order valence-electron chi connectivity index (χ3n) is 13.0. The summed E-state index contributed by atoms with van der Waals surface area (Å²) in [5, 5.41) is 40.4. The largest absolute Gasteiger partial charge is 0.508 e. The van der Waals surface area contributed by atoms with Gasteiger partial charge in [-0.05, 0) is 61.1 Å². The molecule has 5 rings (SSSR count). The summed E-state index contributed by atoms with van der Waals surface area (Å²) in [6.45, 7) is 1.25. The summed E-state index contributed by atoms with van der Waals surface area (Å²) >= 11 is 8.28. The van der Waals surface area contributed by atoms with Gasteiger partial charge in [-0.1, -0.05) is 60.7 Å². The van der Waals surface area contributed by atoms with E-state index in [4.69, 9.17) is 17.2 Å². The van der Waals surface area contributed by atoms with Crippen molar-refractivity contribution in [2.75, 3.05) is 11.5 Å². The highest BCUT2D eigenvalue weighted by atomic mass is 32.1. The summed E-state index contributed by atoms with van der Waals surface area (Å²) in [6, 6.07) is 8.51. The van der Waals surface area contributed by atoms with E-state index in [2.05, 4.69) is 82.7 Å². The average molecular weight is 1190 g/mol. The van der Waals surface area contributed by atoms with Crippen LogP contribution in [-0.4, -0.2) is 156 Å². The molecule has 0 spiro atoms. The van der Waals surface area contributed by atoms with Crippen LogP contribution in [0.25, 0.3) is 10.9 Å². The van der Waals surface area contributed by atoms with Crippen LogP contribution in [0.5, 0.6) is 5.75 Å². The van der Waals surface area contributed by atoms with Gasteiger partial charge in [0.1, 0.15) is 54.1 Å². The molecule has 29 heteroatoms. The fourth-order valence-electron chi connectivity index (χ4n) is 8.40. The zero-order chi connectivity index (χ0) is 60.8. The van der Waals surface area contributed by atoms with Crippen LogP contribution in [0.3, 0.4) is 0 Å². The number of rotatable bonds is 33. The summed E-state index contributed by atoms with van der Waals surface area (Å²) < 4.78 is 0. The van der Waals surface area contributed by atoms with Gasteiger partial charge in [0.15, 0.2) is 0 Å². The number of benzene rings is 3. The van der Waals surface area contributed by atoms with Crippen LogP contribution in [0.2, 0.25) is 0 Å². The number of fused-ring (bicyclic) bond motifs is 1. The first-order valence-corrected chi connectivity index (χ1v) is 27.4. The van der Waals surface area contributed by atoms with E-state index >= 15 is 0 Å². The van der Waals surface area contributed by atoms with E-state index < -0.39 is 126 Å². The van der Waals surface area contributed by atoms with Crippen molar-refractivity contribution in [1.29, 1.82) is 0 Å². The summed E-state index contributed by atoms with van der Waals surface area (Å²) in [5.41, 5.74) is 20.1. The minimum Gasteiger partial charge on any atom is -0.508 e.